The first-order chi connectivity index (χ1) is 11.6. The van der Waals surface area contributed by atoms with Gasteiger partial charge in [0.1, 0.15) is 0 Å². The van der Waals surface area contributed by atoms with E-state index in [0.29, 0.717) is 5.16 Å². The number of aromatic nitrogens is 2. The van der Waals surface area contributed by atoms with Gasteiger partial charge in [-0.25, -0.2) is 9.78 Å². The largest absolute Gasteiger partial charge is 0.337 e. The lowest BCUT2D eigenvalue weighted by atomic mass is 10.1. The van der Waals surface area contributed by atoms with E-state index in [2.05, 4.69) is 32.7 Å². The fraction of sp³-hybridized carbons (Fsp3) is 0.353. The molecule has 126 valence electrons. The van der Waals surface area contributed by atoms with Gasteiger partial charge >= 0.3 is 6.03 Å². The maximum Gasteiger partial charge on any atom is 0.321 e. The average molecular weight is 344 g/mol. The Labute approximate surface area is 144 Å². The van der Waals surface area contributed by atoms with Crippen LogP contribution in [0.1, 0.15) is 29.8 Å². The van der Waals surface area contributed by atoms with Crippen molar-refractivity contribution in [2.24, 2.45) is 0 Å². The summed E-state index contributed by atoms with van der Waals surface area (Å²) in [5, 5.41) is 5.74. The van der Waals surface area contributed by atoms with E-state index < -0.39 is 6.03 Å². The number of aryl methyl sites for hydroxylation is 1. The lowest BCUT2D eigenvalue weighted by Gasteiger charge is -2.04. The van der Waals surface area contributed by atoms with E-state index in [1.807, 2.05) is 25.1 Å². The number of aromatic amines is 1. The zero-order valence-corrected chi connectivity index (χ0v) is 14.3. The van der Waals surface area contributed by atoms with Crippen molar-refractivity contribution in [1.82, 2.24) is 20.6 Å². The number of hydrogen-bond acceptors (Lipinski definition) is 4. The third-order valence-electron chi connectivity index (χ3n) is 3.68. The number of thioether (sulfide) groups is 1. The number of carbonyl (C=O) groups is 2. The molecule has 7 heteroatoms. The van der Waals surface area contributed by atoms with E-state index in [-0.39, 0.29) is 17.7 Å². The summed E-state index contributed by atoms with van der Waals surface area (Å²) in [6, 6.07) is 9.94. The molecule has 3 amide bonds. The van der Waals surface area contributed by atoms with Crippen LogP contribution in [-0.4, -0.2) is 33.7 Å². The van der Waals surface area contributed by atoms with Gasteiger partial charge in [0, 0.05) is 18.2 Å². The van der Waals surface area contributed by atoms with Crippen LogP contribution in [-0.2, 0) is 11.2 Å². The fourth-order valence-corrected chi connectivity index (χ4v) is 2.98. The molecule has 0 aliphatic heterocycles. The van der Waals surface area contributed by atoms with Crippen LogP contribution >= 0.6 is 11.8 Å². The molecule has 1 aliphatic rings. The molecule has 24 heavy (non-hydrogen) atoms. The van der Waals surface area contributed by atoms with Gasteiger partial charge in [0.05, 0.1) is 11.4 Å². The first kappa shape index (κ1) is 16.6. The molecule has 0 radical (unpaired) electrons. The van der Waals surface area contributed by atoms with Crippen molar-refractivity contribution in [2.45, 2.75) is 37.4 Å². The topological polar surface area (TPSA) is 86.9 Å². The molecule has 3 rings (SSSR count). The van der Waals surface area contributed by atoms with Gasteiger partial charge < -0.3 is 10.3 Å². The van der Waals surface area contributed by atoms with Gasteiger partial charge in [0.25, 0.3) is 0 Å². The molecule has 0 saturated heterocycles. The number of amides is 3. The predicted octanol–water partition coefficient (Wildman–Crippen LogP) is 2.39. The molecule has 2 aromatic rings. The van der Waals surface area contributed by atoms with Gasteiger partial charge in [0.2, 0.25) is 5.91 Å². The number of carbonyl (C=O) groups excluding carboxylic acids is 2. The highest BCUT2D eigenvalue weighted by atomic mass is 32.2. The Kier molecular flexibility index (Phi) is 5.20. The van der Waals surface area contributed by atoms with Crippen molar-refractivity contribution in [3.05, 3.63) is 47.3 Å². The monoisotopic (exact) mass is 344 g/mol. The lowest BCUT2D eigenvalue weighted by Crippen LogP contribution is -2.41. The molecular weight excluding hydrogens is 324 g/mol. The Bertz CT molecular complexity index is 725. The molecule has 1 saturated carbocycles. The molecule has 1 aromatic heterocycles. The van der Waals surface area contributed by atoms with Crippen LogP contribution in [0.25, 0.3) is 0 Å². The van der Waals surface area contributed by atoms with Crippen molar-refractivity contribution in [3.8, 4) is 0 Å². The van der Waals surface area contributed by atoms with E-state index in [0.717, 1.165) is 30.7 Å². The first-order valence-corrected chi connectivity index (χ1v) is 8.91. The zero-order chi connectivity index (χ0) is 16.9. The smallest absolute Gasteiger partial charge is 0.321 e. The summed E-state index contributed by atoms with van der Waals surface area (Å²) in [5.41, 5.74) is 3.15. The van der Waals surface area contributed by atoms with E-state index in [4.69, 9.17) is 0 Å². The third-order valence-corrected chi connectivity index (χ3v) is 4.56. The SMILES string of the molecule is Cc1[nH]c(SCC(=O)NC(=O)NC2CC2)nc1Cc1ccccc1. The maximum atomic E-state index is 11.8. The quantitative estimate of drug-likeness (QED) is 0.702. The van der Waals surface area contributed by atoms with Crippen molar-refractivity contribution >= 4 is 23.7 Å². The highest BCUT2D eigenvalue weighted by Crippen LogP contribution is 2.19. The summed E-state index contributed by atoms with van der Waals surface area (Å²) in [7, 11) is 0. The number of nitrogens with one attached hydrogen (secondary N) is 3. The van der Waals surface area contributed by atoms with Crippen LogP contribution in [0.5, 0.6) is 0 Å². The summed E-state index contributed by atoms with van der Waals surface area (Å²) >= 11 is 1.29. The number of nitrogens with zero attached hydrogens (tertiary/aromatic N) is 1. The average Bonchev–Trinajstić information content (AvgIpc) is 3.29. The number of urea groups is 1. The number of benzene rings is 1. The Hall–Kier alpha value is -2.28. The molecule has 1 aliphatic carbocycles. The Morgan fingerprint density at radius 3 is 2.75 bits per heavy atom. The Morgan fingerprint density at radius 1 is 1.29 bits per heavy atom. The molecule has 1 aromatic carbocycles. The predicted molar refractivity (Wildman–Crippen MR) is 93.0 cm³/mol. The molecule has 0 spiro atoms. The number of hydrogen-bond donors (Lipinski definition) is 3. The Morgan fingerprint density at radius 2 is 2.04 bits per heavy atom. The third kappa shape index (κ3) is 4.86. The van der Waals surface area contributed by atoms with Gasteiger partial charge in [-0.05, 0) is 25.3 Å². The van der Waals surface area contributed by atoms with Crippen LogP contribution in [0.2, 0.25) is 0 Å². The Balaban J connectivity index is 1.49. The zero-order valence-electron chi connectivity index (χ0n) is 13.5. The van der Waals surface area contributed by atoms with Crippen molar-refractivity contribution in [2.75, 3.05) is 5.75 Å². The number of rotatable bonds is 6. The normalized spacial score (nSPS) is 13.5. The van der Waals surface area contributed by atoms with E-state index >= 15 is 0 Å². The summed E-state index contributed by atoms with van der Waals surface area (Å²) < 4.78 is 0. The van der Waals surface area contributed by atoms with Crippen LogP contribution in [0.4, 0.5) is 4.79 Å². The van der Waals surface area contributed by atoms with Crippen molar-refractivity contribution < 1.29 is 9.59 Å². The van der Waals surface area contributed by atoms with Gasteiger partial charge in [-0.3, -0.25) is 10.1 Å². The summed E-state index contributed by atoms with van der Waals surface area (Å²) in [5.74, 6) is -0.174. The minimum Gasteiger partial charge on any atom is -0.337 e. The van der Waals surface area contributed by atoms with Crippen molar-refractivity contribution in [1.29, 1.82) is 0 Å². The number of imidazole rings is 1. The second-order valence-corrected chi connectivity index (χ2v) is 6.82. The highest BCUT2D eigenvalue weighted by molar-refractivity contribution is 7.99. The maximum absolute atomic E-state index is 11.8. The standard InChI is InChI=1S/C17H20N4O2S/c1-11-14(9-12-5-3-2-4-6-12)20-17(18-11)24-10-15(22)21-16(23)19-13-7-8-13/h2-6,13H,7-10H2,1H3,(H,18,20)(H2,19,21,22,23). The minimum atomic E-state index is -0.413. The van der Waals surface area contributed by atoms with Crippen LogP contribution in [0, 0.1) is 6.92 Å². The molecule has 3 N–H and O–H groups in total. The van der Waals surface area contributed by atoms with Crippen LogP contribution < -0.4 is 10.6 Å². The van der Waals surface area contributed by atoms with Crippen LogP contribution in [0.3, 0.4) is 0 Å². The lowest BCUT2D eigenvalue weighted by molar-refractivity contribution is -0.117. The van der Waals surface area contributed by atoms with E-state index in [1.54, 1.807) is 0 Å². The van der Waals surface area contributed by atoms with Gasteiger partial charge in [-0.1, -0.05) is 42.1 Å². The first-order valence-electron chi connectivity index (χ1n) is 7.92. The molecule has 0 unspecified atom stereocenters. The van der Waals surface area contributed by atoms with Gasteiger partial charge in [0.15, 0.2) is 5.16 Å². The van der Waals surface area contributed by atoms with Gasteiger partial charge in [-0.2, -0.15) is 0 Å². The molecule has 1 fully saturated rings. The van der Waals surface area contributed by atoms with Gasteiger partial charge in [-0.15, -0.1) is 0 Å². The second-order valence-electron chi connectivity index (χ2n) is 5.86. The summed E-state index contributed by atoms with van der Waals surface area (Å²) in [4.78, 5) is 31.0. The summed E-state index contributed by atoms with van der Waals surface area (Å²) in [6.07, 6.45) is 2.73. The molecular formula is C17H20N4O2S. The molecule has 1 heterocycles. The summed E-state index contributed by atoms with van der Waals surface area (Å²) in [6.45, 7) is 1.97. The number of H-pyrrole nitrogens is 1. The fourth-order valence-electron chi connectivity index (χ4n) is 2.24. The molecule has 6 nitrogen and oxygen atoms in total. The van der Waals surface area contributed by atoms with E-state index in [9.17, 15) is 9.59 Å². The molecule has 0 atom stereocenters. The highest BCUT2D eigenvalue weighted by Gasteiger charge is 2.23. The minimum absolute atomic E-state index is 0.149. The number of imide groups is 1. The van der Waals surface area contributed by atoms with Crippen molar-refractivity contribution in [3.63, 3.8) is 0 Å². The second kappa shape index (κ2) is 7.53. The molecule has 0 bridgehead atoms. The van der Waals surface area contributed by atoms with Crippen LogP contribution in [0.15, 0.2) is 35.5 Å². The van der Waals surface area contributed by atoms with E-state index in [1.165, 1.54) is 17.3 Å².